The van der Waals surface area contributed by atoms with Gasteiger partial charge in [0.2, 0.25) is 11.8 Å². The topological polar surface area (TPSA) is 67.4 Å². The van der Waals surface area contributed by atoms with Crippen molar-refractivity contribution < 1.29 is 14.3 Å². The molecule has 0 rings (SSSR count). The van der Waals surface area contributed by atoms with Crippen LogP contribution in [0.5, 0.6) is 0 Å². The predicted molar refractivity (Wildman–Crippen MR) is 66.6 cm³/mol. The van der Waals surface area contributed by atoms with Gasteiger partial charge in [0, 0.05) is 20.6 Å². The molecule has 0 aliphatic rings. The molecule has 5 heteroatoms. The second-order valence-corrected chi connectivity index (χ2v) is 4.06. The second-order valence-electron chi connectivity index (χ2n) is 4.06. The van der Waals surface area contributed by atoms with Crippen molar-refractivity contribution in [2.45, 2.75) is 45.6 Å². The van der Waals surface area contributed by atoms with Crippen molar-refractivity contribution >= 4 is 11.8 Å². The minimum Gasteiger partial charge on any atom is -0.382 e. The van der Waals surface area contributed by atoms with Crippen LogP contribution in [0.1, 0.15) is 39.5 Å². The van der Waals surface area contributed by atoms with Gasteiger partial charge < -0.3 is 15.4 Å². The molecule has 0 aliphatic heterocycles. The molecule has 0 aliphatic carbocycles. The van der Waals surface area contributed by atoms with Crippen LogP contribution in [-0.4, -0.2) is 38.1 Å². The number of unbranched alkanes of at least 4 members (excludes halogenated alkanes) is 3. The largest absolute Gasteiger partial charge is 0.382 e. The van der Waals surface area contributed by atoms with Gasteiger partial charge in [0.1, 0.15) is 6.04 Å². The average molecular weight is 244 g/mol. The monoisotopic (exact) mass is 244 g/mol. The fourth-order valence-corrected chi connectivity index (χ4v) is 1.48. The van der Waals surface area contributed by atoms with E-state index < -0.39 is 6.04 Å². The summed E-state index contributed by atoms with van der Waals surface area (Å²) < 4.78 is 4.90. The summed E-state index contributed by atoms with van der Waals surface area (Å²) in [7, 11) is 1.50. The highest BCUT2D eigenvalue weighted by molar-refractivity contribution is 5.86. The molecule has 0 unspecified atom stereocenters. The summed E-state index contributed by atoms with van der Waals surface area (Å²) in [5.41, 5.74) is 0. The van der Waals surface area contributed by atoms with E-state index in [1.165, 1.54) is 26.9 Å². The Morgan fingerprint density at radius 3 is 2.47 bits per heavy atom. The maximum absolute atomic E-state index is 11.7. The van der Waals surface area contributed by atoms with E-state index in [9.17, 15) is 9.59 Å². The molecule has 2 amide bonds. The summed E-state index contributed by atoms with van der Waals surface area (Å²) in [5, 5.41) is 5.35. The lowest BCUT2D eigenvalue weighted by molar-refractivity contribution is -0.129. The average Bonchev–Trinajstić information content (AvgIpc) is 2.27. The molecular weight excluding hydrogens is 220 g/mol. The Bertz CT molecular complexity index is 232. The first-order valence-electron chi connectivity index (χ1n) is 6.15. The van der Waals surface area contributed by atoms with Crippen molar-refractivity contribution in [3.63, 3.8) is 0 Å². The number of carbonyl (C=O) groups excluding carboxylic acids is 2. The van der Waals surface area contributed by atoms with Crippen LogP contribution in [0.2, 0.25) is 0 Å². The highest BCUT2D eigenvalue weighted by Gasteiger charge is 2.18. The number of hydrogen-bond acceptors (Lipinski definition) is 3. The molecule has 17 heavy (non-hydrogen) atoms. The van der Waals surface area contributed by atoms with Gasteiger partial charge in [-0.25, -0.2) is 0 Å². The van der Waals surface area contributed by atoms with Crippen LogP contribution in [0.25, 0.3) is 0 Å². The lowest BCUT2D eigenvalue weighted by atomic mass is 10.2. The Labute approximate surface area is 103 Å². The third kappa shape index (κ3) is 8.68. The summed E-state index contributed by atoms with van der Waals surface area (Å²) in [6.07, 6.45) is 4.44. The van der Waals surface area contributed by atoms with E-state index in [2.05, 4.69) is 17.6 Å². The number of amides is 2. The van der Waals surface area contributed by atoms with Gasteiger partial charge in [-0.05, 0) is 6.42 Å². The van der Waals surface area contributed by atoms with Crippen LogP contribution in [0, 0.1) is 0 Å². The van der Waals surface area contributed by atoms with Crippen LogP contribution in [0.15, 0.2) is 0 Å². The number of hydrogen-bond donors (Lipinski definition) is 2. The molecule has 2 N–H and O–H groups in total. The van der Waals surface area contributed by atoms with Gasteiger partial charge >= 0.3 is 0 Å². The quantitative estimate of drug-likeness (QED) is 0.590. The SMILES string of the molecule is CCCCCCNC(=O)[C@@H](COC)NC(C)=O. The van der Waals surface area contributed by atoms with Gasteiger partial charge in [0.15, 0.2) is 0 Å². The summed E-state index contributed by atoms with van der Waals surface area (Å²) in [6.45, 7) is 4.38. The summed E-state index contributed by atoms with van der Waals surface area (Å²) in [6, 6.07) is -0.594. The molecule has 100 valence electrons. The van der Waals surface area contributed by atoms with Crippen molar-refractivity contribution in [2.24, 2.45) is 0 Å². The molecule has 0 aromatic carbocycles. The van der Waals surface area contributed by atoms with E-state index in [0.717, 1.165) is 12.8 Å². The number of ether oxygens (including phenoxy) is 1. The standard InChI is InChI=1S/C12H24N2O3/c1-4-5-6-7-8-13-12(16)11(9-17-3)14-10(2)15/h11H,4-9H2,1-3H3,(H,13,16)(H,14,15)/t11-/m1/s1. The van der Waals surface area contributed by atoms with Gasteiger partial charge in [-0.3, -0.25) is 9.59 Å². The Balaban J connectivity index is 3.84. The van der Waals surface area contributed by atoms with Crippen molar-refractivity contribution in [3.8, 4) is 0 Å². The zero-order valence-electron chi connectivity index (χ0n) is 11.0. The van der Waals surface area contributed by atoms with E-state index in [4.69, 9.17) is 4.74 Å². The highest BCUT2D eigenvalue weighted by Crippen LogP contribution is 1.97. The first-order valence-corrected chi connectivity index (χ1v) is 6.15. The molecule has 0 radical (unpaired) electrons. The van der Waals surface area contributed by atoms with Crippen LogP contribution >= 0.6 is 0 Å². The maximum Gasteiger partial charge on any atom is 0.244 e. The summed E-state index contributed by atoms with van der Waals surface area (Å²) in [5.74, 6) is -0.410. The maximum atomic E-state index is 11.7. The van der Waals surface area contributed by atoms with Gasteiger partial charge in [0.05, 0.1) is 6.61 Å². The minimum atomic E-state index is -0.594. The molecule has 1 atom stereocenters. The molecule has 0 heterocycles. The highest BCUT2D eigenvalue weighted by atomic mass is 16.5. The van der Waals surface area contributed by atoms with Gasteiger partial charge in [-0.1, -0.05) is 26.2 Å². The molecule has 0 saturated carbocycles. The number of methoxy groups -OCH3 is 1. The van der Waals surface area contributed by atoms with E-state index >= 15 is 0 Å². The van der Waals surface area contributed by atoms with Crippen LogP contribution in [0.3, 0.4) is 0 Å². The third-order valence-corrected chi connectivity index (χ3v) is 2.36. The predicted octanol–water partition coefficient (Wildman–Crippen LogP) is 0.834. The Hall–Kier alpha value is -1.10. The van der Waals surface area contributed by atoms with Crippen LogP contribution < -0.4 is 10.6 Å². The van der Waals surface area contributed by atoms with Crippen LogP contribution in [0.4, 0.5) is 0 Å². The normalized spacial score (nSPS) is 11.9. The molecule has 0 spiro atoms. The van der Waals surface area contributed by atoms with E-state index in [1.54, 1.807) is 0 Å². The fourth-order valence-electron chi connectivity index (χ4n) is 1.48. The lowest BCUT2D eigenvalue weighted by Gasteiger charge is -2.16. The fraction of sp³-hybridized carbons (Fsp3) is 0.833. The Kier molecular flexibility index (Phi) is 9.43. The molecule has 0 bridgehead atoms. The minimum absolute atomic E-state index is 0.182. The first-order chi connectivity index (χ1) is 8.11. The number of nitrogens with one attached hydrogen (secondary N) is 2. The Morgan fingerprint density at radius 2 is 1.94 bits per heavy atom. The lowest BCUT2D eigenvalue weighted by Crippen LogP contribution is -2.48. The molecule has 0 aromatic rings. The van der Waals surface area contributed by atoms with E-state index in [0.29, 0.717) is 6.54 Å². The van der Waals surface area contributed by atoms with Gasteiger partial charge in [0.25, 0.3) is 0 Å². The first kappa shape index (κ1) is 15.9. The van der Waals surface area contributed by atoms with E-state index in [-0.39, 0.29) is 18.4 Å². The third-order valence-electron chi connectivity index (χ3n) is 2.36. The number of rotatable bonds is 9. The van der Waals surface area contributed by atoms with Gasteiger partial charge in [-0.2, -0.15) is 0 Å². The Morgan fingerprint density at radius 1 is 1.24 bits per heavy atom. The van der Waals surface area contributed by atoms with Crippen LogP contribution in [-0.2, 0) is 14.3 Å². The number of carbonyl (C=O) groups is 2. The van der Waals surface area contributed by atoms with Crippen molar-refractivity contribution in [1.82, 2.24) is 10.6 Å². The zero-order valence-corrected chi connectivity index (χ0v) is 11.0. The van der Waals surface area contributed by atoms with Crippen molar-refractivity contribution in [1.29, 1.82) is 0 Å². The zero-order chi connectivity index (χ0) is 13.1. The smallest absolute Gasteiger partial charge is 0.244 e. The van der Waals surface area contributed by atoms with Crippen molar-refractivity contribution in [2.75, 3.05) is 20.3 Å². The van der Waals surface area contributed by atoms with Crippen molar-refractivity contribution in [3.05, 3.63) is 0 Å². The molecule has 0 aromatic heterocycles. The molecular formula is C12H24N2O3. The molecule has 5 nitrogen and oxygen atoms in total. The van der Waals surface area contributed by atoms with Gasteiger partial charge in [-0.15, -0.1) is 0 Å². The molecule has 0 saturated heterocycles. The second kappa shape index (κ2) is 10.1. The van der Waals surface area contributed by atoms with E-state index in [1.807, 2.05) is 0 Å². The summed E-state index contributed by atoms with van der Waals surface area (Å²) >= 11 is 0. The molecule has 0 fully saturated rings. The summed E-state index contributed by atoms with van der Waals surface area (Å²) in [4.78, 5) is 22.6.